The Balaban J connectivity index is 1.89. The van der Waals surface area contributed by atoms with E-state index in [2.05, 4.69) is 5.10 Å². The third-order valence-electron chi connectivity index (χ3n) is 4.59. The van der Waals surface area contributed by atoms with E-state index in [0.29, 0.717) is 6.42 Å². The van der Waals surface area contributed by atoms with Crippen molar-refractivity contribution in [3.05, 3.63) is 65.2 Å². The Morgan fingerprint density at radius 2 is 1.78 bits per heavy atom. The molecule has 3 rings (SSSR count). The maximum atomic E-state index is 12.6. The molecule has 1 aliphatic rings. The number of hydrazone groups is 1. The summed E-state index contributed by atoms with van der Waals surface area (Å²) in [5.41, 5.74) is 3.82. The largest absolute Gasteiger partial charge is 0.550 e. The van der Waals surface area contributed by atoms with E-state index in [1.165, 1.54) is 5.01 Å². The van der Waals surface area contributed by atoms with Crippen LogP contribution in [-0.4, -0.2) is 29.7 Å². The lowest BCUT2D eigenvalue weighted by Gasteiger charge is -2.22. The molecule has 0 saturated heterocycles. The molecule has 0 aliphatic carbocycles. The van der Waals surface area contributed by atoms with Gasteiger partial charge in [-0.05, 0) is 36.6 Å². The van der Waals surface area contributed by atoms with Crippen molar-refractivity contribution in [3.63, 3.8) is 0 Å². The van der Waals surface area contributed by atoms with E-state index in [1.54, 1.807) is 7.11 Å². The molecule has 0 unspecified atom stereocenters. The van der Waals surface area contributed by atoms with Gasteiger partial charge in [-0.15, -0.1) is 0 Å². The molecule has 1 aliphatic heterocycles. The zero-order valence-electron chi connectivity index (χ0n) is 15.3. The van der Waals surface area contributed by atoms with E-state index >= 15 is 0 Å². The van der Waals surface area contributed by atoms with Crippen LogP contribution in [0.1, 0.15) is 42.0 Å². The van der Waals surface area contributed by atoms with E-state index in [0.717, 1.165) is 28.2 Å². The number of rotatable bonds is 6. The third kappa shape index (κ3) is 4.34. The van der Waals surface area contributed by atoms with Gasteiger partial charge in [0.1, 0.15) is 5.75 Å². The Bertz CT molecular complexity index is 857. The number of benzene rings is 2. The quantitative estimate of drug-likeness (QED) is 0.786. The van der Waals surface area contributed by atoms with Crippen LogP contribution in [0, 0.1) is 6.92 Å². The summed E-state index contributed by atoms with van der Waals surface area (Å²) >= 11 is 0. The maximum absolute atomic E-state index is 12.6. The van der Waals surface area contributed by atoms with Crippen molar-refractivity contribution < 1.29 is 19.4 Å². The summed E-state index contributed by atoms with van der Waals surface area (Å²) in [6.45, 7) is 2.01. The fourth-order valence-electron chi connectivity index (χ4n) is 3.07. The molecule has 2 aromatic rings. The van der Waals surface area contributed by atoms with E-state index in [-0.39, 0.29) is 24.8 Å². The maximum Gasteiger partial charge on any atom is 0.243 e. The average molecular weight is 365 g/mol. The van der Waals surface area contributed by atoms with Crippen LogP contribution in [0.25, 0.3) is 0 Å². The average Bonchev–Trinajstić information content (AvgIpc) is 3.12. The third-order valence-corrected chi connectivity index (χ3v) is 4.59. The molecule has 27 heavy (non-hydrogen) atoms. The summed E-state index contributed by atoms with van der Waals surface area (Å²) in [6.07, 6.45) is 0.103. The molecule has 6 nitrogen and oxygen atoms in total. The molecule has 140 valence electrons. The Hall–Kier alpha value is -3.15. The van der Waals surface area contributed by atoms with Crippen LogP contribution >= 0.6 is 0 Å². The first-order valence-corrected chi connectivity index (χ1v) is 8.78. The van der Waals surface area contributed by atoms with Crippen molar-refractivity contribution in [2.45, 2.75) is 32.2 Å². The number of hydrogen-bond acceptors (Lipinski definition) is 5. The number of hydrogen-bond donors (Lipinski definition) is 0. The minimum atomic E-state index is -1.24. The van der Waals surface area contributed by atoms with Crippen molar-refractivity contribution in [3.8, 4) is 5.75 Å². The zero-order chi connectivity index (χ0) is 19.4. The highest BCUT2D eigenvalue weighted by molar-refractivity contribution is 6.03. The number of carboxylic acid groups (broad SMARTS) is 1. The second-order valence-corrected chi connectivity index (χ2v) is 6.52. The number of amides is 1. The molecule has 2 aromatic carbocycles. The molecule has 1 heterocycles. The highest BCUT2D eigenvalue weighted by atomic mass is 16.5. The predicted octanol–water partition coefficient (Wildman–Crippen LogP) is 2.21. The number of carbonyl (C=O) groups is 2. The number of carboxylic acids is 1. The number of carbonyl (C=O) groups excluding carboxylic acids is 2. The first-order chi connectivity index (χ1) is 13.0. The topological polar surface area (TPSA) is 82.0 Å². The number of aryl methyl sites for hydroxylation is 1. The summed E-state index contributed by atoms with van der Waals surface area (Å²) in [7, 11) is 1.60. The Morgan fingerprint density at radius 1 is 1.11 bits per heavy atom. The second-order valence-electron chi connectivity index (χ2n) is 6.52. The van der Waals surface area contributed by atoms with Crippen LogP contribution < -0.4 is 9.84 Å². The van der Waals surface area contributed by atoms with Crippen LogP contribution in [0.15, 0.2) is 53.6 Å². The number of methoxy groups -OCH3 is 1. The highest BCUT2D eigenvalue weighted by Gasteiger charge is 2.32. The smallest absolute Gasteiger partial charge is 0.243 e. The number of ether oxygens (including phenoxy) is 1. The highest BCUT2D eigenvalue weighted by Crippen LogP contribution is 2.34. The molecule has 0 radical (unpaired) electrons. The number of aliphatic carboxylic acids is 1. The van der Waals surface area contributed by atoms with Crippen LogP contribution in [0.4, 0.5) is 0 Å². The van der Waals surface area contributed by atoms with Crippen molar-refractivity contribution >= 4 is 17.6 Å². The molecule has 6 heteroatoms. The molecule has 0 N–H and O–H groups in total. The Labute approximate surface area is 158 Å². The monoisotopic (exact) mass is 365 g/mol. The van der Waals surface area contributed by atoms with Gasteiger partial charge in [-0.3, -0.25) is 4.79 Å². The lowest BCUT2D eigenvalue weighted by atomic mass is 9.97. The van der Waals surface area contributed by atoms with Crippen molar-refractivity contribution in [1.29, 1.82) is 0 Å². The second kappa shape index (κ2) is 8.03. The van der Waals surface area contributed by atoms with Gasteiger partial charge in [0.15, 0.2) is 0 Å². The van der Waals surface area contributed by atoms with Gasteiger partial charge in [0, 0.05) is 18.8 Å². The molecule has 1 amide bonds. The van der Waals surface area contributed by atoms with E-state index in [4.69, 9.17) is 4.74 Å². The van der Waals surface area contributed by atoms with Crippen LogP contribution in [0.2, 0.25) is 0 Å². The Kier molecular flexibility index (Phi) is 5.54. The molecule has 0 spiro atoms. The van der Waals surface area contributed by atoms with Gasteiger partial charge in [-0.25, -0.2) is 5.01 Å². The zero-order valence-corrected chi connectivity index (χ0v) is 15.3. The fraction of sp³-hybridized carbons (Fsp3) is 0.286. The molecular formula is C21H21N2O4-. The molecule has 0 saturated carbocycles. The molecule has 1 atom stereocenters. The number of nitrogens with zero attached hydrogens (tertiary/aromatic N) is 2. The van der Waals surface area contributed by atoms with Crippen molar-refractivity contribution in [1.82, 2.24) is 5.01 Å². The SMILES string of the molecule is COc1ccc([C@H]2CC(c3ccc(C)cc3)=NN2C(=O)CCC(=O)[O-])cc1. The predicted molar refractivity (Wildman–Crippen MR) is 99.2 cm³/mol. The van der Waals surface area contributed by atoms with Crippen molar-refractivity contribution in [2.75, 3.05) is 7.11 Å². The van der Waals surface area contributed by atoms with Crippen molar-refractivity contribution in [2.24, 2.45) is 5.10 Å². The van der Waals surface area contributed by atoms with E-state index < -0.39 is 5.97 Å². The summed E-state index contributed by atoms with van der Waals surface area (Å²) < 4.78 is 5.19. The fourth-order valence-corrected chi connectivity index (χ4v) is 3.07. The van der Waals surface area contributed by atoms with Gasteiger partial charge >= 0.3 is 0 Å². The van der Waals surface area contributed by atoms with Gasteiger partial charge in [-0.1, -0.05) is 42.0 Å². The summed E-state index contributed by atoms with van der Waals surface area (Å²) in [4.78, 5) is 23.3. The summed E-state index contributed by atoms with van der Waals surface area (Å²) in [5.74, 6) is -0.848. The normalized spacial score (nSPS) is 16.1. The first kappa shape index (κ1) is 18.6. The van der Waals surface area contributed by atoms with Gasteiger partial charge < -0.3 is 14.6 Å². The molecule has 0 aromatic heterocycles. The summed E-state index contributed by atoms with van der Waals surface area (Å²) in [6, 6.07) is 15.2. The van der Waals surface area contributed by atoms with Crippen LogP contribution in [0.5, 0.6) is 5.75 Å². The minimum Gasteiger partial charge on any atom is -0.550 e. The lowest BCUT2D eigenvalue weighted by Crippen LogP contribution is -2.29. The molecule has 0 fully saturated rings. The standard InChI is InChI=1S/C21H22N2O4/c1-14-3-5-15(6-4-14)18-13-19(16-7-9-17(27-2)10-8-16)23(22-18)20(24)11-12-21(25)26/h3-10,19H,11-13H2,1-2H3,(H,25,26)/p-1/t19-/m1/s1. The van der Waals surface area contributed by atoms with Crippen LogP contribution in [-0.2, 0) is 9.59 Å². The molecule has 0 bridgehead atoms. The van der Waals surface area contributed by atoms with E-state index in [9.17, 15) is 14.7 Å². The van der Waals surface area contributed by atoms with Gasteiger partial charge in [0.25, 0.3) is 0 Å². The minimum absolute atomic E-state index is 0.139. The van der Waals surface area contributed by atoms with Gasteiger partial charge in [0.2, 0.25) is 5.91 Å². The van der Waals surface area contributed by atoms with E-state index in [1.807, 2.05) is 55.5 Å². The lowest BCUT2D eigenvalue weighted by molar-refractivity contribution is -0.305. The van der Waals surface area contributed by atoms with Gasteiger partial charge in [0.05, 0.1) is 18.9 Å². The first-order valence-electron chi connectivity index (χ1n) is 8.78. The van der Waals surface area contributed by atoms with Crippen LogP contribution in [0.3, 0.4) is 0 Å². The Morgan fingerprint density at radius 3 is 2.37 bits per heavy atom. The van der Waals surface area contributed by atoms with Gasteiger partial charge in [-0.2, -0.15) is 5.10 Å². The summed E-state index contributed by atoms with van der Waals surface area (Å²) in [5, 5.41) is 16.7. The molecular weight excluding hydrogens is 344 g/mol.